The fraction of sp³-hybridized carbons (Fsp3) is 0.638. The van der Waals surface area contributed by atoms with Crippen LogP contribution in [0.1, 0.15) is 17.0 Å². The smallest absolute Gasteiger partial charge is 0.407 e. The molecule has 0 bridgehead atoms. The molecule has 2 aliphatic rings. The van der Waals surface area contributed by atoms with E-state index >= 15 is 0 Å². The van der Waals surface area contributed by atoms with Crippen LogP contribution >= 0.6 is 0 Å². The first-order valence-electron chi connectivity index (χ1n) is 22.8. The predicted molar refractivity (Wildman–Crippen MR) is 240 cm³/mol. The van der Waals surface area contributed by atoms with Gasteiger partial charge in [0.1, 0.15) is 6.61 Å². The molecule has 0 atom stereocenters. The number of benzene rings is 2. The minimum absolute atomic E-state index is 0.0292. The molecule has 0 saturated carbocycles. The zero-order valence-electron chi connectivity index (χ0n) is 38.2. The van der Waals surface area contributed by atoms with Gasteiger partial charge in [0.05, 0.1) is 178 Å². The summed E-state index contributed by atoms with van der Waals surface area (Å²) in [5.74, 6) is -0.594. The number of hydrogen-bond acceptors (Lipinski definition) is 17. The number of amides is 3. The Morgan fingerprint density at radius 2 is 0.697 bits per heavy atom. The van der Waals surface area contributed by atoms with Crippen molar-refractivity contribution in [3.8, 4) is 11.1 Å². The van der Waals surface area contributed by atoms with E-state index in [9.17, 15) is 14.4 Å². The van der Waals surface area contributed by atoms with Crippen molar-refractivity contribution in [3.63, 3.8) is 0 Å². The lowest BCUT2D eigenvalue weighted by Crippen LogP contribution is -2.33. The van der Waals surface area contributed by atoms with E-state index in [1.807, 2.05) is 24.3 Å². The summed E-state index contributed by atoms with van der Waals surface area (Å²) in [4.78, 5) is 36.3. The minimum Gasteiger partial charge on any atom is -0.449 e. The molecule has 3 amide bonds. The molecule has 1 aliphatic heterocycles. The zero-order valence-corrected chi connectivity index (χ0v) is 38.2. The van der Waals surface area contributed by atoms with Gasteiger partial charge in [-0.25, -0.2) is 4.79 Å². The number of nitrogens with zero attached hydrogens (tertiary/aromatic N) is 1. The van der Waals surface area contributed by atoms with Crippen molar-refractivity contribution < 1.29 is 80.7 Å². The summed E-state index contributed by atoms with van der Waals surface area (Å²) in [5.41, 5.74) is 4.75. The highest BCUT2D eigenvalue weighted by Crippen LogP contribution is 2.44. The molecule has 1 aliphatic carbocycles. The lowest BCUT2D eigenvalue weighted by Gasteiger charge is -2.14. The van der Waals surface area contributed by atoms with Crippen LogP contribution in [0.15, 0.2) is 60.7 Å². The average molecular weight is 935 g/mol. The van der Waals surface area contributed by atoms with Crippen molar-refractivity contribution in [2.24, 2.45) is 0 Å². The highest BCUT2D eigenvalue weighted by Gasteiger charge is 2.29. The number of carbonyl (C=O) groups excluding carboxylic acids is 3. The Morgan fingerprint density at radius 1 is 0.409 bits per heavy atom. The van der Waals surface area contributed by atoms with Crippen LogP contribution in [0.25, 0.3) is 11.1 Å². The average Bonchev–Trinajstić information content (AvgIpc) is 3.83. The van der Waals surface area contributed by atoms with Gasteiger partial charge >= 0.3 is 6.09 Å². The molecule has 4 rings (SSSR count). The Hall–Kier alpha value is -3.93. The first-order chi connectivity index (χ1) is 32.6. The quantitative estimate of drug-likeness (QED) is 0.0752. The third-order valence-corrected chi connectivity index (χ3v) is 9.68. The molecule has 0 aromatic heterocycles. The van der Waals surface area contributed by atoms with Crippen molar-refractivity contribution >= 4 is 17.9 Å². The van der Waals surface area contributed by atoms with Crippen LogP contribution in [0, 0.1) is 0 Å². The van der Waals surface area contributed by atoms with Crippen LogP contribution in [0.3, 0.4) is 0 Å². The molecule has 370 valence electrons. The number of ether oxygens (including phenoxy) is 14. The predicted octanol–water partition coefficient (Wildman–Crippen LogP) is 2.67. The van der Waals surface area contributed by atoms with Gasteiger partial charge in [-0.15, -0.1) is 0 Å². The summed E-state index contributed by atoms with van der Waals surface area (Å²) in [5, 5.41) is 2.74. The van der Waals surface area contributed by atoms with Crippen LogP contribution in [0.5, 0.6) is 0 Å². The number of nitrogens with one attached hydrogen (secondary N) is 1. The Morgan fingerprint density at radius 3 is 1.03 bits per heavy atom. The van der Waals surface area contributed by atoms with E-state index in [0.717, 1.165) is 4.90 Å². The normalized spacial score (nSPS) is 13.2. The molecule has 1 heterocycles. The number of rotatable bonds is 44. The largest absolute Gasteiger partial charge is 0.449 e. The Bertz CT molecular complexity index is 1550. The van der Waals surface area contributed by atoms with E-state index in [1.54, 1.807) is 0 Å². The summed E-state index contributed by atoms with van der Waals surface area (Å²) in [6.07, 6.45) is 2.05. The number of alkyl carbamates (subject to hydrolysis) is 1. The van der Waals surface area contributed by atoms with Crippen LogP contribution in [-0.4, -0.2) is 214 Å². The fourth-order valence-electron chi connectivity index (χ4n) is 6.42. The second-order valence-electron chi connectivity index (χ2n) is 14.4. The molecule has 0 saturated heterocycles. The number of carbonyl (C=O) groups is 3. The van der Waals surface area contributed by atoms with Crippen molar-refractivity contribution in [1.82, 2.24) is 10.2 Å². The van der Waals surface area contributed by atoms with Gasteiger partial charge in [-0.3, -0.25) is 14.5 Å². The molecule has 66 heavy (non-hydrogen) atoms. The maximum atomic E-state index is 12.3. The van der Waals surface area contributed by atoms with E-state index in [1.165, 1.54) is 34.4 Å². The van der Waals surface area contributed by atoms with Gasteiger partial charge in [0.15, 0.2) is 0 Å². The van der Waals surface area contributed by atoms with Gasteiger partial charge < -0.3 is 71.6 Å². The first kappa shape index (κ1) is 54.7. The third-order valence-electron chi connectivity index (χ3n) is 9.68. The number of imide groups is 1. The zero-order chi connectivity index (χ0) is 46.4. The lowest BCUT2D eigenvalue weighted by atomic mass is 9.98. The monoisotopic (exact) mass is 934 g/mol. The van der Waals surface area contributed by atoms with Gasteiger partial charge in [-0.2, -0.15) is 0 Å². The molecule has 19 nitrogen and oxygen atoms in total. The molecule has 0 spiro atoms. The van der Waals surface area contributed by atoms with Crippen LogP contribution < -0.4 is 5.32 Å². The fourth-order valence-corrected chi connectivity index (χ4v) is 6.42. The highest BCUT2D eigenvalue weighted by molar-refractivity contribution is 6.12. The molecule has 0 radical (unpaired) electrons. The van der Waals surface area contributed by atoms with Crippen LogP contribution in [0.2, 0.25) is 0 Å². The summed E-state index contributed by atoms with van der Waals surface area (Å²) in [6, 6.07) is 16.5. The van der Waals surface area contributed by atoms with E-state index in [2.05, 4.69) is 29.6 Å². The molecule has 2 aromatic rings. The molecule has 0 unspecified atom stereocenters. The molecule has 2 aromatic carbocycles. The molecule has 1 N–H and O–H groups in total. The highest BCUT2D eigenvalue weighted by atomic mass is 16.6. The van der Waals surface area contributed by atoms with Gasteiger partial charge in [0.25, 0.3) is 11.8 Å². The maximum absolute atomic E-state index is 12.3. The summed E-state index contributed by atoms with van der Waals surface area (Å²) >= 11 is 0. The van der Waals surface area contributed by atoms with Crippen LogP contribution in [0.4, 0.5) is 4.79 Å². The summed E-state index contributed by atoms with van der Waals surface area (Å²) in [7, 11) is 0. The van der Waals surface area contributed by atoms with Crippen molar-refractivity contribution in [2.45, 2.75) is 5.92 Å². The third kappa shape index (κ3) is 24.2. The van der Waals surface area contributed by atoms with Crippen molar-refractivity contribution in [2.75, 3.05) is 191 Å². The second kappa shape index (κ2) is 37.1. The number of fused-ring (bicyclic) bond motifs is 3. The van der Waals surface area contributed by atoms with Crippen molar-refractivity contribution in [1.29, 1.82) is 0 Å². The summed E-state index contributed by atoms with van der Waals surface area (Å²) < 4.78 is 76.9. The molecular formula is C47H70N2O17. The lowest BCUT2D eigenvalue weighted by molar-refractivity contribution is -0.137. The molecule has 0 fully saturated rings. The van der Waals surface area contributed by atoms with Gasteiger partial charge in [-0.1, -0.05) is 48.5 Å². The Labute approximate surface area is 388 Å². The molecule has 19 heteroatoms. The maximum Gasteiger partial charge on any atom is 0.407 e. The van der Waals surface area contributed by atoms with E-state index in [0.29, 0.717) is 172 Å². The van der Waals surface area contributed by atoms with E-state index in [4.69, 9.17) is 66.3 Å². The van der Waals surface area contributed by atoms with E-state index in [-0.39, 0.29) is 37.5 Å². The number of hydrogen-bond donors (Lipinski definition) is 1. The van der Waals surface area contributed by atoms with Gasteiger partial charge in [0.2, 0.25) is 0 Å². The van der Waals surface area contributed by atoms with E-state index < -0.39 is 6.09 Å². The Kier molecular flexibility index (Phi) is 30.7. The Balaban J connectivity index is 0.746. The minimum atomic E-state index is -0.459. The van der Waals surface area contributed by atoms with Crippen molar-refractivity contribution in [3.05, 3.63) is 71.8 Å². The SMILES string of the molecule is O=C(NCCOCCOCCOCCOCCOCCOCCOCCOCCOCCOCCOCCOCCOCCN1C(=O)C=CC1=O)OCC1c2ccccc2-c2ccccc21. The summed E-state index contributed by atoms with van der Waals surface area (Å²) in [6.45, 7) is 12.4. The topological polar surface area (TPSA) is 196 Å². The van der Waals surface area contributed by atoms with Crippen LogP contribution in [-0.2, 0) is 75.9 Å². The standard InChI is InChI=1S/C47H70N2O17/c50-45-9-10-46(51)49(45)12-14-54-16-18-56-20-22-58-24-26-60-28-30-62-32-34-64-36-38-65-37-35-63-33-31-61-29-27-59-25-23-57-21-19-55-17-15-53-13-11-48-47(52)66-39-44-42-7-3-1-5-40(42)41-6-2-4-8-43(41)44/h1-10,44H,11-39H2,(H,48,52). The second-order valence-corrected chi connectivity index (χ2v) is 14.4. The molecular weight excluding hydrogens is 865 g/mol. The van der Waals surface area contributed by atoms with Gasteiger partial charge in [-0.05, 0) is 22.3 Å². The first-order valence-corrected chi connectivity index (χ1v) is 22.8. The van der Waals surface area contributed by atoms with Gasteiger partial charge in [0, 0.05) is 24.6 Å².